The van der Waals surface area contributed by atoms with Crippen LogP contribution in [-0.2, 0) is 9.47 Å². The van der Waals surface area contributed by atoms with Gasteiger partial charge in [0.2, 0.25) is 0 Å². The third kappa shape index (κ3) is 3.44. The molecule has 1 aliphatic rings. The fourth-order valence-electron chi connectivity index (χ4n) is 2.33. The predicted octanol–water partition coefficient (Wildman–Crippen LogP) is 2.52. The normalized spacial score (nSPS) is 27.0. The fourth-order valence-corrected chi connectivity index (χ4v) is 2.33. The lowest BCUT2D eigenvalue weighted by atomic mass is 10.0. The van der Waals surface area contributed by atoms with E-state index in [1.54, 1.807) is 0 Å². The molecule has 2 rings (SSSR count). The number of hydrogen-bond acceptors (Lipinski definition) is 4. The summed E-state index contributed by atoms with van der Waals surface area (Å²) in [6.45, 7) is 3.90. The minimum absolute atomic E-state index is 0.0526. The van der Waals surface area contributed by atoms with Crippen molar-refractivity contribution >= 4 is 11.7 Å². The van der Waals surface area contributed by atoms with Gasteiger partial charge in [0.15, 0.2) is 0 Å². The maximum atomic E-state index is 13.0. The molecule has 1 aliphatic heterocycles. The Morgan fingerprint density at radius 1 is 1.37 bits per heavy atom. The summed E-state index contributed by atoms with van der Waals surface area (Å²) >= 11 is 0. The first-order valence-corrected chi connectivity index (χ1v) is 6.37. The topological polar surface area (TPSA) is 61.5 Å². The Bertz CT molecular complexity index is 468. The summed E-state index contributed by atoms with van der Waals surface area (Å²) in [4.78, 5) is 11.9. The summed E-state index contributed by atoms with van der Waals surface area (Å²) < 4.78 is 24.0. The summed E-state index contributed by atoms with van der Waals surface area (Å²) in [6, 6.07) is 3.84. The maximum absolute atomic E-state index is 13.0. The van der Waals surface area contributed by atoms with E-state index in [1.807, 2.05) is 13.8 Å². The van der Waals surface area contributed by atoms with Crippen LogP contribution >= 0.6 is 0 Å². The number of rotatable bonds is 2. The van der Waals surface area contributed by atoms with Crippen molar-refractivity contribution in [1.82, 2.24) is 0 Å². The standard InChI is InChI=1S/C14H18FNO3/c1-8-5-11(6-9(2)18-8)19-14(17)10-3-4-12(15)13(16)7-10/h3-4,7-9,11H,5-6,16H2,1-2H3. The van der Waals surface area contributed by atoms with Crippen LogP contribution in [0.15, 0.2) is 18.2 Å². The lowest BCUT2D eigenvalue weighted by Crippen LogP contribution is -2.35. The van der Waals surface area contributed by atoms with Crippen LogP contribution in [0.3, 0.4) is 0 Å². The van der Waals surface area contributed by atoms with Gasteiger partial charge in [-0.05, 0) is 32.0 Å². The van der Waals surface area contributed by atoms with Crippen molar-refractivity contribution in [3.8, 4) is 0 Å². The average Bonchev–Trinajstić information content (AvgIpc) is 2.31. The molecule has 104 valence electrons. The zero-order chi connectivity index (χ0) is 14.0. The Balaban J connectivity index is 2.02. The first-order valence-electron chi connectivity index (χ1n) is 6.37. The minimum Gasteiger partial charge on any atom is -0.459 e. The van der Waals surface area contributed by atoms with E-state index in [0.717, 1.165) is 0 Å². The van der Waals surface area contributed by atoms with Crippen molar-refractivity contribution in [1.29, 1.82) is 0 Å². The van der Waals surface area contributed by atoms with Gasteiger partial charge in [0.05, 0.1) is 23.5 Å². The van der Waals surface area contributed by atoms with E-state index in [9.17, 15) is 9.18 Å². The van der Waals surface area contributed by atoms with Gasteiger partial charge in [-0.1, -0.05) is 0 Å². The third-order valence-electron chi connectivity index (χ3n) is 3.16. The summed E-state index contributed by atoms with van der Waals surface area (Å²) in [7, 11) is 0. The quantitative estimate of drug-likeness (QED) is 0.660. The Morgan fingerprint density at radius 2 is 2.00 bits per heavy atom. The second-order valence-corrected chi connectivity index (χ2v) is 4.99. The fraction of sp³-hybridized carbons (Fsp3) is 0.500. The number of carbonyl (C=O) groups excluding carboxylic acids is 1. The molecule has 1 saturated heterocycles. The number of carbonyl (C=O) groups is 1. The summed E-state index contributed by atoms with van der Waals surface area (Å²) in [6.07, 6.45) is 1.32. The molecule has 2 unspecified atom stereocenters. The van der Waals surface area contributed by atoms with E-state index in [4.69, 9.17) is 15.2 Å². The molecule has 0 amide bonds. The molecular formula is C14H18FNO3. The number of hydrogen-bond donors (Lipinski definition) is 1. The number of nitrogen functional groups attached to an aromatic ring is 1. The van der Waals surface area contributed by atoms with Gasteiger partial charge < -0.3 is 15.2 Å². The Morgan fingerprint density at radius 3 is 2.58 bits per heavy atom. The summed E-state index contributed by atoms with van der Waals surface area (Å²) in [5, 5.41) is 0. The van der Waals surface area contributed by atoms with Gasteiger partial charge in [0.25, 0.3) is 0 Å². The summed E-state index contributed by atoms with van der Waals surface area (Å²) in [5.74, 6) is -1.01. The van der Waals surface area contributed by atoms with Crippen LogP contribution in [0.4, 0.5) is 10.1 Å². The number of ether oxygens (including phenoxy) is 2. The minimum atomic E-state index is -0.537. The third-order valence-corrected chi connectivity index (χ3v) is 3.16. The number of anilines is 1. The van der Waals surface area contributed by atoms with Gasteiger partial charge in [0, 0.05) is 12.8 Å². The largest absolute Gasteiger partial charge is 0.459 e. The van der Waals surface area contributed by atoms with Crippen molar-refractivity contribution in [3.63, 3.8) is 0 Å². The highest BCUT2D eigenvalue weighted by molar-refractivity contribution is 5.90. The molecule has 1 aromatic carbocycles. The highest BCUT2D eigenvalue weighted by Crippen LogP contribution is 2.23. The van der Waals surface area contributed by atoms with E-state index in [0.29, 0.717) is 12.8 Å². The predicted molar refractivity (Wildman–Crippen MR) is 69.3 cm³/mol. The second kappa shape index (κ2) is 5.57. The highest BCUT2D eigenvalue weighted by Gasteiger charge is 2.27. The maximum Gasteiger partial charge on any atom is 0.338 e. The molecule has 2 atom stereocenters. The van der Waals surface area contributed by atoms with Gasteiger partial charge in [-0.15, -0.1) is 0 Å². The second-order valence-electron chi connectivity index (χ2n) is 4.99. The van der Waals surface area contributed by atoms with Crippen LogP contribution in [0.25, 0.3) is 0 Å². The molecule has 1 aromatic rings. The Hall–Kier alpha value is -1.62. The molecule has 1 fully saturated rings. The zero-order valence-corrected chi connectivity index (χ0v) is 11.1. The molecule has 0 aliphatic carbocycles. The van der Waals surface area contributed by atoms with E-state index >= 15 is 0 Å². The molecule has 0 saturated carbocycles. The molecule has 0 bridgehead atoms. The molecule has 0 aromatic heterocycles. The molecule has 0 spiro atoms. The SMILES string of the molecule is CC1CC(OC(=O)c2ccc(F)c(N)c2)CC(C)O1. The van der Waals surface area contributed by atoms with Gasteiger partial charge in [-0.3, -0.25) is 0 Å². The molecule has 5 heteroatoms. The molecule has 19 heavy (non-hydrogen) atoms. The van der Waals surface area contributed by atoms with Gasteiger partial charge in [-0.25, -0.2) is 9.18 Å². The van der Waals surface area contributed by atoms with Crippen LogP contribution < -0.4 is 5.73 Å². The van der Waals surface area contributed by atoms with Gasteiger partial charge in [-0.2, -0.15) is 0 Å². The Kier molecular flexibility index (Phi) is 4.04. The van der Waals surface area contributed by atoms with Crippen molar-refractivity contribution < 1.29 is 18.7 Å². The van der Waals surface area contributed by atoms with Crippen LogP contribution in [-0.4, -0.2) is 24.3 Å². The average molecular weight is 267 g/mol. The Labute approximate surface area is 111 Å². The van der Waals surface area contributed by atoms with E-state index in [-0.39, 0.29) is 29.6 Å². The van der Waals surface area contributed by atoms with Crippen LogP contribution in [0.1, 0.15) is 37.0 Å². The zero-order valence-electron chi connectivity index (χ0n) is 11.1. The van der Waals surface area contributed by atoms with Crippen LogP contribution in [0.5, 0.6) is 0 Å². The monoisotopic (exact) mass is 267 g/mol. The highest BCUT2D eigenvalue weighted by atomic mass is 19.1. The molecular weight excluding hydrogens is 249 g/mol. The van der Waals surface area contributed by atoms with E-state index < -0.39 is 11.8 Å². The van der Waals surface area contributed by atoms with Crippen molar-refractivity contribution in [2.75, 3.05) is 5.73 Å². The van der Waals surface area contributed by atoms with Gasteiger partial charge in [0.1, 0.15) is 11.9 Å². The van der Waals surface area contributed by atoms with Crippen LogP contribution in [0.2, 0.25) is 0 Å². The van der Waals surface area contributed by atoms with E-state index in [2.05, 4.69) is 0 Å². The number of benzene rings is 1. The van der Waals surface area contributed by atoms with Crippen LogP contribution in [0, 0.1) is 5.82 Å². The lowest BCUT2D eigenvalue weighted by molar-refractivity contribution is -0.0855. The first-order chi connectivity index (χ1) is 8.95. The molecule has 0 radical (unpaired) electrons. The first kappa shape index (κ1) is 13.8. The van der Waals surface area contributed by atoms with Crippen molar-refractivity contribution in [2.24, 2.45) is 0 Å². The number of esters is 1. The van der Waals surface area contributed by atoms with Crippen molar-refractivity contribution in [3.05, 3.63) is 29.6 Å². The lowest BCUT2D eigenvalue weighted by Gasteiger charge is -2.31. The molecule has 1 heterocycles. The smallest absolute Gasteiger partial charge is 0.338 e. The van der Waals surface area contributed by atoms with Gasteiger partial charge >= 0.3 is 5.97 Å². The molecule has 2 N–H and O–H groups in total. The number of nitrogens with two attached hydrogens (primary N) is 1. The summed E-state index contributed by atoms with van der Waals surface area (Å²) in [5.41, 5.74) is 5.65. The van der Waals surface area contributed by atoms with E-state index in [1.165, 1.54) is 18.2 Å². The van der Waals surface area contributed by atoms with Crippen molar-refractivity contribution in [2.45, 2.75) is 45.0 Å². The number of halogens is 1. The molecule has 4 nitrogen and oxygen atoms in total.